The third-order valence-corrected chi connectivity index (χ3v) is 7.28. The van der Waals surface area contributed by atoms with Gasteiger partial charge >= 0.3 is 0 Å². The highest BCUT2D eigenvalue weighted by Crippen LogP contribution is 2.39. The number of nitrogens with zero attached hydrogens (tertiary/aromatic N) is 3. The molecule has 5 nitrogen and oxygen atoms in total. The molecule has 0 aromatic heterocycles. The molecule has 0 aliphatic carbocycles. The quantitative estimate of drug-likeness (QED) is 0.755. The van der Waals surface area contributed by atoms with Gasteiger partial charge in [0.25, 0.3) is 5.91 Å². The maximum absolute atomic E-state index is 13.2. The van der Waals surface area contributed by atoms with Gasteiger partial charge in [0.2, 0.25) is 5.91 Å². The molecule has 2 saturated heterocycles. The minimum Gasteiger partial charge on any atom is -0.358 e. The molecule has 0 unspecified atom stereocenters. The Balaban J connectivity index is 1.28. The second-order valence-corrected chi connectivity index (χ2v) is 9.23. The lowest BCUT2D eigenvalue weighted by atomic mass is 9.90. The van der Waals surface area contributed by atoms with Crippen LogP contribution in [0.4, 0.5) is 11.4 Å². The number of amides is 2. The van der Waals surface area contributed by atoms with E-state index < -0.39 is 0 Å². The average molecular weight is 418 g/mol. The summed E-state index contributed by atoms with van der Waals surface area (Å²) in [5, 5.41) is 0. The van der Waals surface area contributed by atoms with Gasteiger partial charge in [-0.1, -0.05) is 30.3 Å². The number of hydrogen-bond donors (Lipinski definition) is 0. The van der Waals surface area contributed by atoms with Crippen molar-refractivity contribution in [3.05, 3.63) is 59.7 Å². The van der Waals surface area contributed by atoms with Crippen molar-refractivity contribution in [2.75, 3.05) is 36.5 Å². The zero-order valence-corrected chi connectivity index (χ0v) is 18.3. The van der Waals surface area contributed by atoms with Crippen LogP contribution in [0, 0.1) is 5.92 Å². The smallest absolute Gasteiger partial charge is 0.253 e. The molecule has 0 saturated carbocycles. The molecule has 31 heavy (non-hydrogen) atoms. The van der Waals surface area contributed by atoms with Gasteiger partial charge in [-0.05, 0) is 68.2 Å². The van der Waals surface area contributed by atoms with E-state index in [1.807, 2.05) is 30.1 Å². The number of carbonyl (C=O) groups is 2. The van der Waals surface area contributed by atoms with E-state index in [1.165, 1.54) is 5.56 Å². The Kier molecular flexibility index (Phi) is 5.43. The van der Waals surface area contributed by atoms with Crippen LogP contribution >= 0.6 is 0 Å². The molecule has 2 amide bonds. The molecule has 0 radical (unpaired) electrons. The summed E-state index contributed by atoms with van der Waals surface area (Å²) >= 11 is 0. The van der Waals surface area contributed by atoms with Crippen LogP contribution in [-0.2, 0) is 11.2 Å². The van der Waals surface area contributed by atoms with E-state index in [0.29, 0.717) is 11.5 Å². The monoisotopic (exact) mass is 417 g/mol. The molecule has 162 valence electrons. The first-order chi connectivity index (χ1) is 15.1. The van der Waals surface area contributed by atoms with Crippen molar-refractivity contribution in [2.24, 2.45) is 5.92 Å². The van der Waals surface area contributed by atoms with Crippen molar-refractivity contribution in [3.63, 3.8) is 0 Å². The highest BCUT2D eigenvalue weighted by Gasteiger charge is 2.38. The molecule has 0 spiro atoms. The Labute approximate surface area is 184 Å². The summed E-state index contributed by atoms with van der Waals surface area (Å²) in [5.41, 5.74) is 4.03. The SMILES string of the molecule is CN1C(=O)[C@H]2CCCCN2c2ccc(C(=O)N3CCC(Cc4ccccc4)CC3)cc21. The van der Waals surface area contributed by atoms with E-state index in [2.05, 4.69) is 35.2 Å². The molecule has 3 aliphatic rings. The molecule has 2 aromatic carbocycles. The summed E-state index contributed by atoms with van der Waals surface area (Å²) in [6.45, 7) is 2.52. The number of benzene rings is 2. The molecule has 3 heterocycles. The number of fused-ring (bicyclic) bond motifs is 3. The minimum absolute atomic E-state index is 0.0450. The van der Waals surface area contributed by atoms with Gasteiger partial charge in [0.15, 0.2) is 0 Å². The van der Waals surface area contributed by atoms with E-state index in [0.717, 1.165) is 69.5 Å². The normalized spacial score (nSPS) is 21.6. The molecular formula is C26H31N3O2. The predicted molar refractivity (Wildman–Crippen MR) is 124 cm³/mol. The minimum atomic E-state index is -0.0450. The molecule has 2 aromatic rings. The van der Waals surface area contributed by atoms with Crippen LogP contribution in [0.3, 0.4) is 0 Å². The van der Waals surface area contributed by atoms with E-state index in [9.17, 15) is 9.59 Å². The molecule has 0 bridgehead atoms. The van der Waals surface area contributed by atoms with Crippen molar-refractivity contribution in [1.29, 1.82) is 0 Å². The van der Waals surface area contributed by atoms with E-state index in [4.69, 9.17) is 0 Å². The van der Waals surface area contributed by atoms with Gasteiger partial charge in [0.05, 0.1) is 11.4 Å². The first-order valence-electron chi connectivity index (χ1n) is 11.6. The lowest BCUT2D eigenvalue weighted by Crippen LogP contribution is -2.54. The van der Waals surface area contributed by atoms with E-state index >= 15 is 0 Å². The number of rotatable bonds is 3. The predicted octanol–water partition coefficient (Wildman–Crippen LogP) is 4.12. The Bertz CT molecular complexity index is 966. The molecule has 1 atom stereocenters. The fraction of sp³-hybridized carbons (Fsp3) is 0.462. The van der Waals surface area contributed by atoms with Gasteiger partial charge in [-0.2, -0.15) is 0 Å². The summed E-state index contributed by atoms with van der Waals surface area (Å²) in [6.07, 6.45) is 6.31. The summed E-state index contributed by atoms with van der Waals surface area (Å²) in [4.78, 5) is 32.1. The third kappa shape index (κ3) is 3.82. The Hall–Kier alpha value is -2.82. The summed E-state index contributed by atoms with van der Waals surface area (Å²) < 4.78 is 0. The Morgan fingerprint density at radius 1 is 0.935 bits per heavy atom. The van der Waals surface area contributed by atoms with Gasteiger partial charge in [-0.3, -0.25) is 9.59 Å². The van der Waals surface area contributed by atoms with E-state index in [1.54, 1.807) is 4.90 Å². The zero-order valence-electron chi connectivity index (χ0n) is 18.3. The molecule has 3 aliphatic heterocycles. The molecule has 0 N–H and O–H groups in total. The highest BCUT2D eigenvalue weighted by atomic mass is 16.2. The van der Waals surface area contributed by atoms with Crippen LogP contribution in [0.2, 0.25) is 0 Å². The zero-order chi connectivity index (χ0) is 21.4. The van der Waals surface area contributed by atoms with E-state index in [-0.39, 0.29) is 17.9 Å². The average Bonchev–Trinajstić information content (AvgIpc) is 2.83. The third-order valence-electron chi connectivity index (χ3n) is 7.28. The maximum atomic E-state index is 13.2. The summed E-state index contributed by atoms with van der Waals surface area (Å²) in [6, 6.07) is 16.5. The van der Waals surface area contributed by atoms with Crippen LogP contribution in [-0.4, -0.2) is 49.4 Å². The van der Waals surface area contributed by atoms with Gasteiger partial charge in [0.1, 0.15) is 6.04 Å². The molecule has 2 fully saturated rings. The van der Waals surface area contributed by atoms with Gasteiger partial charge in [-0.15, -0.1) is 0 Å². The van der Waals surface area contributed by atoms with Crippen molar-refractivity contribution in [2.45, 2.75) is 44.6 Å². The molecule has 5 rings (SSSR count). The molecular weight excluding hydrogens is 386 g/mol. The van der Waals surface area contributed by atoms with Crippen LogP contribution in [0.5, 0.6) is 0 Å². The van der Waals surface area contributed by atoms with Gasteiger partial charge < -0.3 is 14.7 Å². The van der Waals surface area contributed by atoms with Crippen LogP contribution in [0.15, 0.2) is 48.5 Å². The van der Waals surface area contributed by atoms with Crippen LogP contribution in [0.25, 0.3) is 0 Å². The second-order valence-electron chi connectivity index (χ2n) is 9.23. The van der Waals surface area contributed by atoms with Crippen LogP contribution in [0.1, 0.15) is 48.0 Å². The highest BCUT2D eigenvalue weighted by molar-refractivity contribution is 6.07. The Morgan fingerprint density at radius 3 is 2.48 bits per heavy atom. The summed E-state index contributed by atoms with van der Waals surface area (Å²) in [7, 11) is 1.84. The van der Waals surface area contributed by atoms with Gasteiger partial charge in [-0.25, -0.2) is 0 Å². The van der Waals surface area contributed by atoms with Crippen molar-refractivity contribution in [1.82, 2.24) is 4.90 Å². The fourth-order valence-electron chi connectivity index (χ4n) is 5.46. The standard InChI is InChI=1S/C26H31N3O2/c1-27-24-18-21(10-11-22(24)29-14-6-5-9-23(29)26(27)31)25(30)28-15-12-20(13-16-28)17-19-7-3-2-4-8-19/h2-4,7-8,10-11,18,20,23H,5-6,9,12-17H2,1H3/t23-/m1/s1. The Morgan fingerprint density at radius 2 is 1.71 bits per heavy atom. The number of likely N-dealkylation sites (tertiary alicyclic amines) is 1. The number of hydrogen-bond acceptors (Lipinski definition) is 3. The van der Waals surface area contributed by atoms with Crippen molar-refractivity contribution in [3.8, 4) is 0 Å². The largest absolute Gasteiger partial charge is 0.358 e. The number of carbonyl (C=O) groups excluding carboxylic acids is 2. The molecule has 5 heteroatoms. The number of anilines is 2. The fourth-order valence-corrected chi connectivity index (χ4v) is 5.46. The van der Waals surface area contributed by atoms with Crippen LogP contribution < -0.4 is 9.80 Å². The lowest BCUT2D eigenvalue weighted by Gasteiger charge is -2.44. The second kappa shape index (κ2) is 8.37. The number of piperidine rings is 2. The topological polar surface area (TPSA) is 43.9 Å². The first kappa shape index (κ1) is 20.1. The summed E-state index contributed by atoms with van der Waals surface area (Å²) in [5.74, 6) is 0.871. The lowest BCUT2D eigenvalue weighted by molar-refractivity contribution is -0.120. The van der Waals surface area contributed by atoms with Gasteiger partial charge in [0, 0.05) is 32.2 Å². The van der Waals surface area contributed by atoms with Crippen molar-refractivity contribution >= 4 is 23.2 Å². The first-order valence-corrected chi connectivity index (χ1v) is 11.6. The maximum Gasteiger partial charge on any atom is 0.253 e. The number of likely N-dealkylation sites (N-methyl/N-ethyl adjacent to an activating group) is 1. The van der Waals surface area contributed by atoms with Crippen molar-refractivity contribution < 1.29 is 9.59 Å².